The summed E-state index contributed by atoms with van der Waals surface area (Å²) in [6.07, 6.45) is 1.20. The van der Waals surface area contributed by atoms with E-state index in [-0.39, 0.29) is 0 Å². The number of aryl methyl sites for hydroxylation is 1. The van der Waals surface area contributed by atoms with Crippen LogP contribution in [0, 0.1) is 6.92 Å². The Kier molecular flexibility index (Phi) is 5.55. The first-order valence-electron chi connectivity index (χ1n) is 6.78. The highest BCUT2D eigenvalue weighted by Gasteiger charge is 2.29. The SMILES string of the molecule is CCCNC(c1csc(C)c1)C1CSCCN1C. The van der Waals surface area contributed by atoms with E-state index < -0.39 is 0 Å². The minimum atomic E-state index is 0.493. The fourth-order valence-electron chi connectivity index (χ4n) is 2.46. The molecule has 2 rings (SSSR count). The molecule has 0 spiro atoms. The van der Waals surface area contributed by atoms with Crippen molar-refractivity contribution in [2.75, 3.05) is 31.6 Å². The average molecular weight is 284 g/mol. The van der Waals surface area contributed by atoms with Gasteiger partial charge in [-0.05, 0) is 43.9 Å². The minimum absolute atomic E-state index is 0.493. The van der Waals surface area contributed by atoms with E-state index in [0.29, 0.717) is 12.1 Å². The highest BCUT2D eigenvalue weighted by Crippen LogP contribution is 2.29. The molecular weight excluding hydrogens is 260 g/mol. The number of nitrogens with zero attached hydrogens (tertiary/aromatic N) is 1. The van der Waals surface area contributed by atoms with E-state index in [1.807, 2.05) is 11.3 Å². The summed E-state index contributed by atoms with van der Waals surface area (Å²) in [6, 6.07) is 3.47. The van der Waals surface area contributed by atoms with Crippen molar-refractivity contribution in [3.8, 4) is 0 Å². The van der Waals surface area contributed by atoms with Crippen molar-refractivity contribution in [3.05, 3.63) is 21.9 Å². The Morgan fingerprint density at radius 2 is 2.39 bits per heavy atom. The highest BCUT2D eigenvalue weighted by molar-refractivity contribution is 7.99. The number of thioether (sulfide) groups is 1. The summed E-state index contributed by atoms with van der Waals surface area (Å²) in [6.45, 7) is 6.75. The van der Waals surface area contributed by atoms with Gasteiger partial charge >= 0.3 is 0 Å². The number of nitrogens with one attached hydrogen (secondary N) is 1. The maximum absolute atomic E-state index is 3.75. The largest absolute Gasteiger partial charge is 0.309 e. The van der Waals surface area contributed by atoms with Crippen LogP contribution in [0.5, 0.6) is 0 Å². The van der Waals surface area contributed by atoms with Crippen LogP contribution < -0.4 is 5.32 Å². The van der Waals surface area contributed by atoms with Crippen LogP contribution in [0.1, 0.15) is 29.8 Å². The Hall–Kier alpha value is -0.0300. The summed E-state index contributed by atoms with van der Waals surface area (Å²) in [5, 5.41) is 6.08. The molecule has 0 saturated carbocycles. The van der Waals surface area contributed by atoms with E-state index >= 15 is 0 Å². The number of hydrogen-bond donors (Lipinski definition) is 1. The van der Waals surface area contributed by atoms with Crippen LogP contribution >= 0.6 is 23.1 Å². The summed E-state index contributed by atoms with van der Waals surface area (Å²) in [7, 11) is 2.27. The van der Waals surface area contributed by atoms with E-state index in [1.165, 1.54) is 34.9 Å². The van der Waals surface area contributed by atoms with Gasteiger partial charge in [-0.3, -0.25) is 4.90 Å². The van der Waals surface area contributed by atoms with Crippen molar-refractivity contribution < 1.29 is 0 Å². The van der Waals surface area contributed by atoms with Gasteiger partial charge in [-0.25, -0.2) is 0 Å². The highest BCUT2D eigenvalue weighted by atomic mass is 32.2. The topological polar surface area (TPSA) is 15.3 Å². The molecule has 18 heavy (non-hydrogen) atoms. The Labute approximate surface area is 119 Å². The van der Waals surface area contributed by atoms with Gasteiger partial charge in [0.1, 0.15) is 0 Å². The van der Waals surface area contributed by atoms with E-state index in [4.69, 9.17) is 0 Å². The fraction of sp³-hybridized carbons (Fsp3) is 0.714. The van der Waals surface area contributed by atoms with Gasteiger partial charge in [0.05, 0.1) is 0 Å². The molecule has 1 aromatic rings. The third-order valence-corrected chi connectivity index (χ3v) is 5.48. The van der Waals surface area contributed by atoms with Gasteiger partial charge in [0, 0.05) is 35.0 Å². The Morgan fingerprint density at radius 1 is 1.56 bits per heavy atom. The van der Waals surface area contributed by atoms with E-state index in [9.17, 15) is 0 Å². The molecule has 2 unspecified atom stereocenters. The summed E-state index contributed by atoms with van der Waals surface area (Å²) < 4.78 is 0. The van der Waals surface area contributed by atoms with Crippen LogP contribution in [0.2, 0.25) is 0 Å². The lowest BCUT2D eigenvalue weighted by Gasteiger charge is -2.38. The number of rotatable bonds is 5. The molecule has 2 heterocycles. The number of likely N-dealkylation sites (N-methyl/N-ethyl adjacent to an activating group) is 1. The van der Waals surface area contributed by atoms with Crippen molar-refractivity contribution in [2.24, 2.45) is 0 Å². The van der Waals surface area contributed by atoms with Gasteiger partial charge in [-0.2, -0.15) is 11.8 Å². The van der Waals surface area contributed by atoms with Crippen molar-refractivity contribution >= 4 is 23.1 Å². The molecule has 0 bridgehead atoms. The predicted octanol–water partition coefficient (Wildman–Crippen LogP) is 3.14. The standard InChI is InChI=1S/C14H24N2S2/c1-4-5-15-14(12-8-11(2)18-9-12)13-10-17-7-6-16(13)3/h8-9,13-15H,4-7,10H2,1-3H3. The first-order valence-corrected chi connectivity index (χ1v) is 8.82. The van der Waals surface area contributed by atoms with Gasteiger partial charge in [0.15, 0.2) is 0 Å². The van der Waals surface area contributed by atoms with Gasteiger partial charge in [0.2, 0.25) is 0 Å². The van der Waals surface area contributed by atoms with Crippen LogP contribution in [-0.2, 0) is 0 Å². The third-order valence-electron chi connectivity index (χ3n) is 3.55. The van der Waals surface area contributed by atoms with Gasteiger partial charge < -0.3 is 5.32 Å². The van der Waals surface area contributed by atoms with Gasteiger partial charge in [-0.1, -0.05) is 6.92 Å². The molecule has 0 aliphatic carbocycles. The first-order chi connectivity index (χ1) is 8.72. The molecule has 2 nitrogen and oxygen atoms in total. The fourth-order valence-corrected chi connectivity index (χ4v) is 4.47. The third kappa shape index (κ3) is 3.50. The molecule has 1 saturated heterocycles. The summed E-state index contributed by atoms with van der Waals surface area (Å²) >= 11 is 3.96. The first kappa shape index (κ1) is 14.4. The van der Waals surface area contributed by atoms with Crippen LogP contribution in [0.4, 0.5) is 0 Å². The quantitative estimate of drug-likeness (QED) is 0.894. The second kappa shape index (κ2) is 6.94. The van der Waals surface area contributed by atoms with Crippen molar-refractivity contribution in [2.45, 2.75) is 32.4 Å². The van der Waals surface area contributed by atoms with Crippen LogP contribution in [-0.4, -0.2) is 42.6 Å². The summed E-state index contributed by atoms with van der Waals surface area (Å²) in [4.78, 5) is 3.94. The number of hydrogen-bond acceptors (Lipinski definition) is 4. The Morgan fingerprint density at radius 3 is 3.00 bits per heavy atom. The zero-order chi connectivity index (χ0) is 13.0. The molecule has 4 heteroatoms. The second-order valence-corrected chi connectivity index (χ2v) is 7.31. The lowest BCUT2D eigenvalue weighted by molar-refractivity contribution is 0.216. The van der Waals surface area contributed by atoms with Crippen molar-refractivity contribution in [1.82, 2.24) is 10.2 Å². The Balaban J connectivity index is 2.13. The molecule has 1 aliphatic heterocycles. The average Bonchev–Trinajstić information content (AvgIpc) is 2.78. The minimum Gasteiger partial charge on any atom is -0.309 e. The zero-order valence-electron chi connectivity index (χ0n) is 11.6. The molecule has 1 aliphatic rings. The van der Waals surface area contributed by atoms with Crippen LogP contribution in [0.25, 0.3) is 0 Å². The Bertz CT molecular complexity index is 364. The van der Waals surface area contributed by atoms with Crippen molar-refractivity contribution in [3.63, 3.8) is 0 Å². The maximum atomic E-state index is 3.75. The molecule has 1 N–H and O–H groups in total. The molecular formula is C14H24N2S2. The monoisotopic (exact) mass is 284 g/mol. The molecule has 1 aromatic heterocycles. The van der Waals surface area contributed by atoms with Crippen molar-refractivity contribution in [1.29, 1.82) is 0 Å². The smallest absolute Gasteiger partial charge is 0.0494 e. The van der Waals surface area contributed by atoms with Gasteiger partial charge in [0.25, 0.3) is 0 Å². The molecule has 0 amide bonds. The zero-order valence-corrected chi connectivity index (χ0v) is 13.2. The molecule has 1 fully saturated rings. The number of thiophene rings is 1. The molecule has 0 radical (unpaired) electrons. The second-order valence-electron chi connectivity index (χ2n) is 5.05. The molecule has 0 aromatic carbocycles. The van der Waals surface area contributed by atoms with E-state index in [1.54, 1.807) is 0 Å². The summed E-state index contributed by atoms with van der Waals surface area (Å²) in [5.74, 6) is 2.52. The summed E-state index contributed by atoms with van der Waals surface area (Å²) in [5.41, 5.74) is 1.48. The lowest BCUT2D eigenvalue weighted by Crippen LogP contribution is -2.47. The normalized spacial score (nSPS) is 23.2. The molecule has 2 atom stereocenters. The lowest BCUT2D eigenvalue weighted by atomic mass is 10.0. The molecule has 102 valence electrons. The predicted molar refractivity (Wildman–Crippen MR) is 83.8 cm³/mol. The van der Waals surface area contributed by atoms with E-state index in [2.05, 4.69) is 54.3 Å². The van der Waals surface area contributed by atoms with Gasteiger partial charge in [-0.15, -0.1) is 11.3 Å². The van der Waals surface area contributed by atoms with E-state index in [0.717, 1.165) is 6.54 Å². The maximum Gasteiger partial charge on any atom is 0.0494 e. The van der Waals surface area contributed by atoms with Crippen LogP contribution in [0.3, 0.4) is 0 Å². The van der Waals surface area contributed by atoms with Crippen LogP contribution in [0.15, 0.2) is 11.4 Å².